The highest BCUT2D eigenvalue weighted by Crippen LogP contribution is 2.26. The third kappa shape index (κ3) is 5.59. The zero-order valence-electron chi connectivity index (χ0n) is 15.7. The predicted octanol–water partition coefficient (Wildman–Crippen LogP) is 3.07. The van der Waals surface area contributed by atoms with Gasteiger partial charge >= 0.3 is 0 Å². The van der Waals surface area contributed by atoms with Gasteiger partial charge in [0.1, 0.15) is 0 Å². The van der Waals surface area contributed by atoms with Crippen molar-refractivity contribution in [3.8, 4) is 0 Å². The van der Waals surface area contributed by atoms with Gasteiger partial charge in [0, 0.05) is 45.1 Å². The molecular formula is C20H31IN4O. The van der Waals surface area contributed by atoms with Crippen molar-refractivity contribution in [2.24, 2.45) is 4.99 Å². The van der Waals surface area contributed by atoms with Crippen molar-refractivity contribution in [3.63, 3.8) is 0 Å². The van der Waals surface area contributed by atoms with Gasteiger partial charge in [-0.3, -0.25) is 9.79 Å². The van der Waals surface area contributed by atoms with Crippen LogP contribution in [0.1, 0.15) is 44.1 Å². The number of halogens is 1. The number of nitrogens with one attached hydrogen (secondary N) is 1. The lowest BCUT2D eigenvalue weighted by Gasteiger charge is -2.22. The first kappa shape index (κ1) is 21.0. The van der Waals surface area contributed by atoms with Crippen molar-refractivity contribution in [1.29, 1.82) is 0 Å². The number of hydrogen-bond acceptors (Lipinski definition) is 2. The van der Waals surface area contributed by atoms with Gasteiger partial charge in [0.05, 0.1) is 6.54 Å². The Morgan fingerprint density at radius 2 is 1.88 bits per heavy atom. The Hall–Kier alpha value is -1.31. The molecule has 2 aliphatic rings. The van der Waals surface area contributed by atoms with Gasteiger partial charge in [0.15, 0.2) is 5.96 Å². The Balaban J connectivity index is 0.00000243. The van der Waals surface area contributed by atoms with E-state index in [1.54, 1.807) is 0 Å². The molecule has 144 valence electrons. The van der Waals surface area contributed by atoms with E-state index in [4.69, 9.17) is 4.99 Å². The van der Waals surface area contributed by atoms with E-state index in [0.29, 0.717) is 18.9 Å². The zero-order chi connectivity index (χ0) is 17.5. The highest BCUT2D eigenvalue weighted by atomic mass is 127. The van der Waals surface area contributed by atoms with Gasteiger partial charge in [0.25, 0.3) is 0 Å². The van der Waals surface area contributed by atoms with E-state index in [1.165, 1.54) is 5.56 Å². The molecule has 5 nitrogen and oxygen atoms in total. The van der Waals surface area contributed by atoms with Crippen LogP contribution in [0.4, 0.5) is 0 Å². The van der Waals surface area contributed by atoms with Gasteiger partial charge in [-0.2, -0.15) is 0 Å². The minimum Gasteiger partial charge on any atom is -0.357 e. The number of rotatable bonds is 5. The maximum atomic E-state index is 12.2. The molecule has 2 aliphatic heterocycles. The summed E-state index contributed by atoms with van der Waals surface area (Å²) in [4.78, 5) is 21.2. The molecule has 2 saturated heterocycles. The Morgan fingerprint density at radius 3 is 2.58 bits per heavy atom. The molecule has 26 heavy (non-hydrogen) atoms. The molecular weight excluding hydrogens is 439 g/mol. The summed E-state index contributed by atoms with van der Waals surface area (Å²) in [6, 6.07) is 10.7. The van der Waals surface area contributed by atoms with Gasteiger partial charge in [0.2, 0.25) is 5.91 Å². The van der Waals surface area contributed by atoms with Crippen LogP contribution in [0.3, 0.4) is 0 Å². The molecule has 0 saturated carbocycles. The number of aliphatic imine (C=N–C) groups is 1. The van der Waals surface area contributed by atoms with E-state index in [2.05, 4.69) is 47.5 Å². The van der Waals surface area contributed by atoms with Crippen molar-refractivity contribution in [2.75, 3.05) is 39.3 Å². The topological polar surface area (TPSA) is 47.9 Å². The Bertz CT molecular complexity index is 587. The molecule has 1 atom stereocenters. The van der Waals surface area contributed by atoms with Crippen LogP contribution in [-0.2, 0) is 4.79 Å². The molecule has 2 heterocycles. The van der Waals surface area contributed by atoms with Crippen molar-refractivity contribution in [2.45, 2.75) is 38.5 Å². The number of likely N-dealkylation sites (tertiary alicyclic amines) is 2. The van der Waals surface area contributed by atoms with Crippen molar-refractivity contribution in [3.05, 3.63) is 35.9 Å². The van der Waals surface area contributed by atoms with Gasteiger partial charge in [-0.15, -0.1) is 24.0 Å². The van der Waals surface area contributed by atoms with Crippen LogP contribution in [-0.4, -0.2) is 60.9 Å². The number of hydrogen-bond donors (Lipinski definition) is 1. The molecule has 1 aromatic rings. The van der Waals surface area contributed by atoms with Gasteiger partial charge in [-0.1, -0.05) is 30.3 Å². The fourth-order valence-electron chi connectivity index (χ4n) is 3.76. The molecule has 3 rings (SSSR count). The van der Waals surface area contributed by atoms with Crippen LogP contribution < -0.4 is 5.32 Å². The van der Waals surface area contributed by atoms with E-state index >= 15 is 0 Å². The largest absolute Gasteiger partial charge is 0.357 e. The molecule has 1 amide bonds. The summed E-state index contributed by atoms with van der Waals surface area (Å²) < 4.78 is 0. The molecule has 0 bridgehead atoms. The Morgan fingerprint density at radius 1 is 1.15 bits per heavy atom. The van der Waals surface area contributed by atoms with Crippen LogP contribution in [0.5, 0.6) is 0 Å². The van der Waals surface area contributed by atoms with Crippen LogP contribution in [0, 0.1) is 0 Å². The van der Waals surface area contributed by atoms with Crippen molar-refractivity contribution >= 4 is 35.8 Å². The first-order valence-corrected chi connectivity index (χ1v) is 9.64. The number of carbonyl (C=O) groups excluding carboxylic acids is 1. The smallest absolute Gasteiger partial charge is 0.224 e. The molecule has 1 unspecified atom stereocenters. The van der Waals surface area contributed by atoms with Crippen LogP contribution in [0.25, 0.3) is 0 Å². The highest BCUT2D eigenvalue weighted by Gasteiger charge is 2.26. The number of guanidine groups is 1. The monoisotopic (exact) mass is 470 g/mol. The summed E-state index contributed by atoms with van der Waals surface area (Å²) in [5.74, 6) is 1.77. The fourth-order valence-corrected chi connectivity index (χ4v) is 3.76. The number of amides is 1. The highest BCUT2D eigenvalue weighted by molar-refractivity contribution is 14.0. The van der Waals surface area contributed by atoms with Gasteiger partial charge < -0.3 is 15.1 Å². The second-order valence-electron chi connectivity index (χ2n) is 6.92. The lowest BCUT2D eigenvalue weighted by atomic mass is 9.99. The summed E-state index contributed by atoms with van der Waals surface area (Å²) in [5, 5.41) is 3.39. The summed E-state index contributed by atoms with van der Waals surface area (Å²) in [7, 11) is 0. The molecule has 2 fully saturated rings. The molecule has 6 heteroatoms. The van der Waals surface area contributed by atoms with Gasteiger partial charge in [-0.25, -0.2) is 0 Å². The molecule has 0 aromatic heterocycles. The summed E-state index contributed by atoms with van der Waals surface area (Å²) in [5.41, 5.74) is 1.41. The summed E-state index contributed by atoms with van der Waals surface area (Å²) in [6.07, 6.45) is 3.96. The van der Waals surface area contributed by atoms with Crippen LogP contribution in [0.15, 0.2) is 35.3 Å². The van der Waals surface area contributed by atoms with Crippen molar-refractivity contribution in [1.82, 2.24) is 15.1 Å². The van der Waals surface area contributed by atoms with Crippen LogP contribution >= 0.6 is 24.0 Å². The van der Waals surface area contributed by atoms with E-state index in [9.17, 15) is 4.79 Å². The second-order valence-corrected chi connectivity index (χ2v) is 6.92. The summed E-state index contributed by atoms with van der Waals surface area (Å²) in [6.45, 7) is 7.38. The minimum absolute atomic E-state index is 0. The number of carbonyl (C=O) groups is 1. The first-order chi connectivity index (χ1) is 12.3. The molecule has 1 aromatic carbocycles. The Labute approximate surface area is 174 Å². The van der Waals surface area contributed by atoms with E-state index in [1.807, 2.05) is 4.90 Å². The number of nitrogens with zero attached hydrogens (tertiary/aromatic N) is 3. The van der Waals surface area contributed by atoms with Crippen LogP contribution in [0.2, 0.25) is 0 Å². The lowest BCUT2D eigenvalue weighted by Crippen LogP contribution is -2.40. The minimum atomic E-state index is 0. The lowest BCUT2D eigenvalue weighted by molar-refractivity contribution is -0.129. The fraction of sp³-hybridized carbons (Fsp3) is 0.600. The molecule has 0 radical (unpaired) electrons. The third-order valence-corrected chi connectivity index (χ3v) is 5.14. The maximum Gasteiger partial charge on any atom is 0.224 e. The normalized spacial score (nSPS) is 20.2. The zero-order valence-corrected chi connectivity index (χ0v) is 18.0. The molecule has 0 aliphatic carbocycles. The maximum absolute atomic E-state index is 12.2. The van der Waals surface area contributed by atoms with Gasteiger partial charge in [-0.05, 0) is 31.7 Å². The summed E-state index contributed by atoms with van der Waals surface area (Å²) >= 11 is 0. The standard InChI is InChI=1S/C20H30N4O.HI/c1-2-21-20(22-12-10-19(25)23-13-6-7-14-23)24-15-11-18(16-24)17-8-4-3-5-9-17;/h3-5,8-9,18H,2,6-7,10-16H2,1H3,(H,21,22);1H. The SMILES string of the molecule is CCNC(=NCCC(=O)N1CCCC1)N1CCC(c2ccccc2)C1.I. The van der Waals surface area contributed by atoms with E-state index < -0.39 is 0 Å². The quantitative estimate of drug-likeness (QED) is 0.409. The Kier molecular flexibility index (Phi) is 8.68. The van der Waals surface area contributed by atoms with Crippen molar-refractivity contribution < 1.29 is 4.79 Å². The number of benzene rings is 1. The molecule has 1 N–H and O–H groups in total. The average molecular weight is 470 g/mol. The molecule has 0 spiro atoms. The second kappa shape index (κ2) is 10.7. The van der Waals surface area contributed by atoms with E-state index in [-0.39, 0.29) is 29.9 Å². The average Bonchev–Trinajstić information content (AvgIpc) is 3.33. The van der Waals surface area contributed by atoms with E-state index in [0.717, 1.165) is 57.9 Å². The third-order valence-electron chi connectivity index (χ3n) is 5.14. The predicted molar refractivity (Wildman–Crippen MR) is 117 cm³/mol. The first-order valence-electron chi connectivity index (χ1n) is 9.64.